The molecule has 0 atom stereocenters. The van der Waals surface area contributed by atoms with Crippen molar-refractivity contribution in [3.8, 4) is 0 Å². The zero-order valence-corrected chi connectivity index (χ0v) is 10.9. The van der Waals surface area contributed by atoms with E-state index in [9.17, 15) is 13.2 Å². The topological polar surface area (TPSA) is 109 Å². The second kappa shape index (κ2) is 4.59. The van der Waals surface area contributed by atoms with Gasteiger partial charge in [-0.1, -0.05) is 0 Å². The van der Waals surface area contributed by atoms with Crippen LogP contribution in [0.3, 0.4) is 0 Å². The first-order valence-corrected chi connectivity index (χ1v) is 7.08. The Kier molecular flexibility index (Phi) is 3.28. The molecule has 2 N–H and O–H groups in total. The Morgan fingerprint density at radius 1 is 1.56 bits per heavy atom. The quantitative estimate of drug-likeness (QED) is 0.789. The van der Waals surface area contributed by atoms with Crippen LogP contribution in [0.25, 0.3) is 5.70 Å². The number of aryl methyl sites for hydroxylation is 1. The zero-order valence-electron chi connectivity index (χ0n) is 9.24. The van der Waals surface area contributed by atoms with Gasteiger partial charge in [-0.2, -0.15) is 8.42 Å². The van der Waals surface area contributed by atoms with Crippen LogP contribution in [0.5, 0.6) is 0 Å². The fourth-order valence-electron chi connectivity index (χ4n) is 1.30. The van der Waals surface area contributed by atoms with Crippen molar-refractivity contribution < 1.29 is 18.3 Å². The van der Waals surface area contributed by atoms with Gasteiger partial charge in [-0.3, -0.25) is 9.52 Å². The summed E-state index contributed by atoms with van der Waals surface area (Å²) in [6.45, 7) is 0.986. The lowest BCUT2D eigenvalue weighted by Gasteiger charge is -2.12. The first-order chi connectivity index (χ1) is 8.41. The summed E-state index contributed by atoms with van der Waals surface area (Å²) >= 11 is 1.28. The fraction of sp³-hybridized carbons (Fsp3) is 0.222. The van der Waals surface area contributed by atoms with E-state index in [-0.39, 0.29) is 11.4 Å². The molecule has 0 aliphatic carbocycles. The number of aromatic nitrogens is 1. The van der Waals surface area contributed by atoms with Crippen LogP contribution in [0.1, 0.15) is 9.88 Å². The summed E-state index contributed by atoms with van der Waals surface area (Å²) in [7, 11) is -3.96. The van der Waals surface area contributed by atoms with Crippen molar-refractivity contribution in [2.45, 2.75) is 6.92 Å². The lowest BCUT2D eigenvalue weighted by molar-refractivity contribution is -0.115. The maximum absolute atomic E-state index is 11.5. The Hall–Kier alpha value is -1.58. The second-order valence-electron chi connectivity index (χ2n) is 3.44. The number of carbonyl (C=O) groups excluding carboxylic acids is 1. The summed E-state index contributed by atoms with van der Waals surface area (Å²) in [5.74, 6) is -0.751. The molecule has 0 spiro atoms. The number of carbonyl (C=O) groups is 1. The first kappa shape index (κ1) is 12.9. The highest BCUT2D eigenvalue weighted by molar-refractivity contribution is 7.88. The van der Waals surface area contributed by atoms with Gasteiger partial charge in [0.1, 0.15) is 12.3 Å². The SMILES string of the molecule is Cc1ncc(C2=CC(C(=O)CO)=NS(=O)(=O)N2)s1. The van der Waals surface area contributed by atoms with Crippen molar-refractivity contribution in [1.29, 1.82) is 0 Å². The third-order valence-electron chi connectivity index (χ3n) is 2.05. The molecule has 2 heterocycles. The molecule has 1 aromatic heterocycles. The van der Waals surface area contributed by atoms with Gasteiger partial charge < -0.3 is 5.11 Å². The summed E-state index contributed by atoms with van der Waals surface area (Å²) in [5.41, 5.74) is -0.0651. The van der Waals surface area contributed by atoms with Gasteiger partial charge in [0.05, 0.1) is 15.6 Å². The third kappa shape index (κ3) is 2.63. The minimum Gasteiger partial charge on any atom is -0.388 e. The molecule has 0 radical (unpaired) electrons. The van der Waals surface area contributed by atoms with Gasteiger partial charge in [0.2, 0.25) is 5.78 Å². The van der Waals surface area contributed by atoms with E-state index in [1.165, 1.54) is 23.6 Å². The van der Waals surface area contributed by atoms with Crippen LogP contribution < -0.4 is 4.72 Å². The van der Waals surface area contributed by atoms with Crippen LogP contribution in [0.4, 0.5) is 0 Å². The van der Waals surface area contributed by atoms with Crippen molar-refractivity contribution in [2.75, 3.05) is 6.61 Å². The van der Waals surface area contributed by atoms with Crippen LogP contribution >= 0.6 is 11.3 Å². The molecular weight excluding hydrogens is 278 g/mol. The molecule has 2 rings (SSSR count). The van der Waals surface area contributed by atoms with Crippen LogP contribution in [0, 0.1) is 6.92 Å². The molecule has 0 fully saturated rings. The number of ketones is 1. The van der Waals surface area contributed by atoms with E-state index in [0.29, 0.717) is 4.88 Å². The summed E-state index contributed by atoms with van der Waals surface area (Å²) < 4.78 is 28.4. The second-order valence-corrected chi connectivity index (χ2v) is 6.01. The molecule has 1 aliphatic rings. The van der Waals surface area contributed by atoms with Crippen LogP contribution in [-0.2, 0) is 15.0 Å². The number of allylic oxidation sites excluding steroid dienone is 1. The van der Waals surface area contributed by atoms with E-state index in [0.717, 1.165) is 5.01 Å². The van der Waals surface area contributed by atoms with Gasteiger partial charge in [0.15, 0.2) is 0 Å². The van der Waals surface area contributed by atoms with E-state index in [4.69, 9.17) is 5.11 Å². The van der Waals surface area contributed by atoms with Gasteiger partial charge in [-0.25, -0.2) is 4.98 Å². The average Bonchev–Trinajstić information content (AvgIpc) is 2.72. The van der Waals surface area contributed by atoms with E-state index < -0.39 is 22.6 Å². The van der Waals surface area contributed by atoms with Gasteiger partial charge in [-0.05, 0) is 13.0 Å². The summed E-state index contributed by atoms with van der Waals surface area (Å²) in [4.78, 5) is 15.9. The Morgan fingerprint density at radius 2 is 2.28 bits per heavy atom. The third-order valence-corrected chi connectivity index (χ3v) is 3.92. The van der Waals surface area contributed by atoms with E-state index >= 15 is 0 Å². The number of nitrogens with zero attached hydrogens (tertiary/aromatic N) is 2. The van der Waals surface area contributed by atoms with Crippen molar-refractivity contribution in [1.82, 2.24) is 9.71 Å². The molecule has 1 aromatic rings. The number of hydrogen-bond acceptors (Lipinski definition) is 6. The first-order valence-electron chi connectivity index (χ1n) is 4.82. The summed E-state index contributed by atoms with van der Waals surface area (Å²) in [5, 5.41) is 9.50. The number of thiazole rings is 1. The van der Waals surface area contributed by atoms with Crippen molar-refractivity contribution >= 4 is 38.7 Å². The standard InChI is InChI=1S/C9H9N3O4S2/c1-5-10-3-9(17-5)7-2-6(8(14)4-13)11-18(15,16)12-7/h2-3,12-13H,4H2,1H3. The zero-order chi connectivity index (χ0) is 13.3. The molecule has 0 saturated carbocycles. The lowest BCUT2D eigenvalue weighted by atomic mass is 10.2. The van der Waals surface area contributed by atoms with E-state index in [2.05, 4.69) is 14.1 Å². The molecule has 18 heavy (non-hydrogen) atoms. The normalized spacial score (nSPS) is 17.7. The molecule has 0 unspecified atom stereocenters. The molecule has 0 saturated heterocycles. The molecule has 1 aliphatic heterocycles. The van der Waals surface area contributed by atoms with Crippen LogP contribution in [-0.4, -0.2) is 36.6 Å². The van der Waals surface area contributed by atoms with Crippen LogP contribution in [0.15, 0.2) is 16.7 Å². The molecular formula is C9H9N3O4S2. The van der Waals surface area contributed by atoms with Crippen molar-refractivity contribution in [2.24, 2.45) is 4.40 Å². The maximum Gasteiger partial charge on any atom is 0.342 e. The largest absolute Gasteiger partial charge is 0.388 e. The maximum atomic E-state index is 11.5. The summed E-state index contributed by atoms with van der Waals surface area (Å²) in [6.07, 6.45) is 2.78. The smallest absolute Gasteiger partial charge is 0.342 e. The fourth-order valence-corrected chi connectivity index (χ4v) is 3.02. The Morgan fingerprint density at radius 3 is 2.83 bits per heavy atom. The highest BCUT2D eigenvalue weighted by Gasteiger charge is 2.23. The number of nitrogens with one attached hydrogen (secondary N) is 1. The van der Waals surface area contributed by atoms with Crippen molar-refractivity contribution in [3.63, 3.8) is 0 Å². The minimum absolute atomic E-state index is 0.229. The average molecular weight is 287 g/mol. The molecule has 0 bridgehead atoms. The van der Waals surface area contributed by atoms with Gasteiger partial charge in [0.25, 0.3) is 0 Å². The van der Waals surface area contributed by atoms with Crippen molar-refractivity contribution in [3.05, 3.63) is 22.2 Å². The monoisotopic (exact) mass is 287 g/mol. The molecule has 96 valence electrons. The van der Waals surface area contributed by atoms with Gasteiger partial charge in [-0.15, -0.1) is 15.7 Å². The van der Waals surface area contributed by atoms with Crippen LogP contribution in [0.2, 0.25) is 0 Å². The summed E-state index contributed by atoms with van der Waals surface area (Å²) in [6, 6.07) is 0. The predicted molar refractivity (Wildman–Crippen MR) is 66.4 cm³/mol. The molecule has 9 heteroatoms. The highest BCUT2D eigenvalue weighted by Crippen LogP contribution is 2.22. The number of aliphatic hydroxyl groups excluding tert-OH is 1. The molecule has 0 aromatic carbocycles. The van der Waals surface area contributed by atoms with Gasteiger partial charge >= 0.3 is 10.2 Å². The number of Topliss-reactive ketones (excluding diaryl/α,β-unsaturated/α-hetero) is 1. The Balaban J connectivity index is 2.47. The van der Waals surface area contributed by atoms with E-state index in [1.54, 1.807) is 6.92 Å². The highest BCUT2D eigenvalue weighted by atomic mass is 32.2. The number of hydrogen-bond donors (Lipinski definition) is 2. The predicted octanol–water partition coefficient (Wildman–Crippen LogP) is -0.357. The molecule has 0 amide bonds. The Labute approximate surface area is 107 Å². The Bertz CT molecular complexity index is 657. The van der Waals surface area contributed by atoms with E-state index in [1.807, 2.05) is 0 Å². The number of aliphatic hydroxyl groups is 1. The molecule has 7 nitrogen and oxygen atoms in total. The number of rotatable bonds is 3. The lowest BCUT2D eigenvalue weighted by Crippen LogP contribution is -2.29. The minimum atomic E-state index is -3.96. The van der Waals surface area contributed by atoms with Gasteiger partial charge in [0, 0.05) is 6.20 Å².